The highest BCUT2D eigenvalue weighted by molar-refractivity contribution is 6.35. The van der Waals surface area contributed by atoms with Crippen LogP contribution in [0.15, 0.2) is 22.7 Å². The van der Waals surface area contributed by atoms with Crippen molar-refractivity contribution in [2.24, 2.45) is 0 Å². The number of rotatable bonds is 1. The van der Waals surface area contributed by atoms with Gasteiger partial charge >= 0.3 is 0 Å². The van der Waals surface area contributed by atoms with Gasteiger partial charge in [0.05, 0.1) is 0 Å². The van der Waals surface area contributed by atoms with E-state index < -0.39 is 0 Å². The summed E-state index contributed by atoms with van der Waals surface area (Å²) in [6.07, 6.45) is 0. The molecule has 0 atom stereocenters. The summed E-state index contributed by atoms with van der Waals surface area (Å²) < 4.78 is 4.83. The summed E-state index contributed by atoms with van der Waals surface area (Å²) in [5, 5.41) is 4.22. The smallest absolute Gasteiger partial charge is 0.241 e. The molecular weight excluding hydrogens is 212 g/mol. The molecule has 2 N–H and O–H groups in total. The second-order valence-electron chi connectivity index (χ2n) is 3.53. The third-order valence-corrected chi connectivity index (χ3v) is 2.66. The minimum absolute atomic E-state index is 0.159. The summed E-state index contributed by atoms with van der Waals surface area (Å²) in [6.45, 7) is 4.04. The van der Waals surface area contributed by atoms with Gasteiger partial charge in [0.15, 0.2) is 0 Å². The zero-order chi connectivity index (χ0) is 11.0. The van der Waals surface area contributed by atoms with E-state index in [1.165, 1.54) is 5.56 Å². The SMILES string of the molecule is Cc1ccc(-c2noc(N)c2Cl)c(C)c1. The lowest BCUT2D eigenvalue weighted by atomic mass is 10.0. The van der Waals surface area contributed by atoms with E-state index in [1.54, 1.807) is 0 Å². The maximum atomic E-state index is 5.97. The van der Waals surface area contributed by atoms with Crippen LogP contribution in [-0.4, -0.2) is 5.16 Å². The molecule has 0 unspecified atom stereocenters. The Kier molecular flexibility index (Phi) is 2.40. The maximum Gasteiger partial charge on any atom is 0.241 e. The van der Waals surface area contributed by atoms with Gasteiger partial charge in [-0.15, -0.1) is 0 Å². The Labute approximate surface area is 92.8 Å². The molecule has 3 nitrogen and oxygen atoms in total. The van der Waals surface area contributed by atoms with Crippen molar-refractivity contribution >= 4 is 17.5 Å². The fourth-order valence-electron chi connectivity index (χ4n) is 1.54. The van der Waals surface area contributed by atoms with Crippen LogP contribution in [0.3, 0.4) is 0 Å². The molecule has 2 aromatic rings. The van der Waals surface area contributed by atoms with Crippen molar-refractivity contribution in [3.63, 3.8) is 0 Å². The molecule has 0 saturated carbocycles. The van der Waals surface area contributed by atoms with Crippen LogP contribution in [0.5, 0.6) is 0 Å². The first-order valence-electron chi connectivity index (χ1n) is 4.58. The van der Waals surface area contributed by atoms with E-state index in [0.29, 0.717) is 10.7 Å². The lowest BCUT2D eigenvalue weighted by molar-refractivity contribution is 0.439. The summed E-state index contributed by atoms with van der Waals surface area (Å²) in [7, 11) is 0. The standard InChI is InChI=1S/C11H11ClN2O/c1-6-3-4-8(7(2)5-6)10-9(12)11(13)15-14-10/h3-5H,13H2,1-2H3. The van der Waals surface area contributed by atoms with E-state index in [0.717, 1.165) is 11.1 Å². The van der Waals surface area contributed by atoms with E-state index in [-0.39, 0.29) is 5.88 Å². The molecule has 0 aliphatic rings. The molecule has 78 valence electrons. The van der Waals surface area contributed by atoms with Gasteiger partial charge < -0.3 is 10.3 Å². The highest BCUT2D eigenvalue weighted by Gasteiger charge is 2.14. The highest BCUT2D eigenvalue weighted by atomic mass is 35.5. The van der Waals surface area contributed by atoms with Gasteiger partial charge in [0.1, 0.15) is 10.7 Å². The van der Waals surface area contributed by atoms with Gasteiger partial charge in [0.25, 0.3) is 0 Å². The van der Waals surface area contributed by atoms with Crippen molar-refractivity contribution < 1.29 is 4.52 Å². The quantitative estimate of drug-likeness (QED) is 0.806. The molecule has 0 amide bonds. The zero-order valence-corrected chi connectivity index (χ0v) is 9.30. The molecule has 2 rings (SSSR count). The molecule has 0 bridgehead atoms. The van der Waals surface area contributed by atoms with Crippen LogP contribution in [0.2, 0.25) is 5.02 Å². The van der Waals surface area contributed by atoms with Crippen molar-refractivity contribution in [2.75, 3.05) is 5.73 Å². The average Bonchev–Trinajstić information content (AvgIpc) is 2.49. The molecule has 0 aliphatic carbocycles. The normalized spacial score (nSPS) is 10.6. The fourth-order valence-corrected chi connectivity index (χ4v) is 1.71. The summed E-state index contributed by atoms with van der Waals surface area (Å²) in [5.74, 6) is 0.159. The number of nitrogen functional groups attached to an aromatic ring is 1. The van der Waals surface area contributed by atoms with Crippen molar-refractivity contribution in [1.29, 1.82) is 0 Å². The Morgan fingerprint density at radius 3 is 2.60 bits per heavy atom. The van der Waals surface area contributed by atoms with Crippen molar-refractivity contribution in [2.45, 2.75) is 13.8 Å². The van der Waals surface area contributed by atoms with Crippen molar-refractivity contribution in [3.05, 3.63) is 34.3 Å². The van der Waals surface area contributed by atoms with Crippen molar-refractivity contribution in [3.8, 4) is 11.3 Å². The predicted molar refractivity (Wildman–Crippen MR) is 60.8 cm³/mol. The number of nitrogens with two attached hydrogens (primary N) is 1. The van der Waals surface area contributed by atoms with Gasteiger partial charge in [-0.05, 0) is 19.4 Å². The minimum atomic E-state index is 0.159. The van der Waals surface area contributed by atoms with E-state index >= 15 is 0 Å². The number of anilines is 1. The Balaban J connectivity index is 2.59. The molecule has 4 heteroatoms. The van der Waals surface area contributed by atoms with Crippen LogP contribution in [0.4, 0.5) is 5.88 Å². The van der Waals surface area contributed by atoms with Crippen LogP contribution in [0, 0.1) is 13.8 Å². The van der Waals surface area contributed by atoms with Crippen LogP contribution in [0.1, 0.15) is 11.1 Å². The predicted octanol–water partition coefficient (Wildman–Crippen LogP) is 3.19. The van der Waals surface area contributed by atoms with Crippen LogP contribution in [0.25, 0.3) is 11.3 Å². The second kappa shape index (κ2) is 3.59. The van der Waals surface area contributed by atoms with Crippen molar-refractivity contribution in [1.82, 2.24) is 5.16 Å². The van der Waals surface area contributed by atoms with E-state index in [2.05, 4.69) is 11.2 Å². The van der Waals surface area contributed by atoms with E-state index in [4.69, 9.17) is 21.9 Å². The minimum Gasteiger partial charge on any atom is -0.366 e. The summed E-state index contributed by atoms with van der Waals surface area (Å²) >= 11 is 5.97. The first-order chi connectivity index (χ1) is 7.09. The van der Waals surface area contributed by atoms with Crippen LogP contribution in [-0.2, 0) is 0 Å². The molecule has 0 fully saturated rings. The first-order valence-corrected chi connectivity index (χ1v) is 4.95. The molecule has 0 saturated heterocycles. The Morgan fingerprint density at radius 2 is 2.07 bits per heavy atom. The lowest BCUT2D eigenvalue weighted by Crippen LogP contribution is -1.86. The summed E-state index contributed by atoms with van der Waals surface area (Å²) in [6, 6.07) is 6.04. The van der Waals surface area contributed by atoms with Gasteiger partial charge in [-0.1, -0.05) is 40.5 Å². The molecular formula is C11H11ClN2O. The number of hydrogen-bond donors (Lipinski definition) is 1. The van der Waals surface area contributed by atoms with Gasteiger partial charge in [0.2, 0.25) is 5.88 Å². The summed E-state index contributed by atoms with van der Waals surface area (Å²) in [4.78, 5) is 0. The van der Waals surface area contributed by atoms with Gasteiger partial charge in [0, 0.05) is 5.56 Å². The van der Waals surface area contributed by atoms with Gasteiger partial charge in [-0.2, -0.15) is 0 Å². The second-order valence-corrected chi connectivity index (χ2v) is 3.91. The van der Waals surface area contributed by atoms with E-state index in [1.807, 2.05) is 26.0 Å². The Morgan fingerprint density at radius 1 is 1.33 bits per heavy atom. The number of nitrogens with zero attached hydrogens (tertiary/aromatic N) is 1. The van der Waals surface area contributed by atoms with Gasteiger partial charge in [-0.25, -0.2) is 0 Å². The highest BCUT2D eigenvalue weighted by Crippen LogP contribution is 2.33. The van der Waals surface area contributed by atoms with E-state index in [9.17, 15) is 0 Å². The molecule has 15 heavy (non-hydrogen) atoms. The monoisotopic (exact) mass is 222 g/mol. The van der Waals surface area contributed by atoms with Gasteiger partial charge in [-0.3, -0.25) is 0 Å². The number of aromatic nitrogens is 1. The third-order valence-electron chi connectivity index (χ3n) is 2.30. The first kappa shape index (κ1) is 10.1. The average molecular weight is 223 g/mol. The maximum absolute atomic E-state index is 5.97. The largest absolute Gasteiger partial charge is 0.366 e. The molecule has 0 aliphatic heterocycles. The van der Waals surface area contributed by atoms with Crippen LogP contribution < -0.4 is 5.73 Å². The Bertz CT molecular complexity index is 505. The Hall–Kier alpha value is -1.48. The molecule has 1 aromatic carbocycles. The third kappa shape index (κ3) is 1.70. The number of aryl methyl sites for hydroxylation is 2. The lowest BCUT2D eigenvalue weighted by Gasteiger charge is -2.03. The molecule has 1 aromatic heterocycles. The fraction of sp³-hybridized carbons (Fsp3) is 0.182. The molecule has 0 radical (unpaired) electrons. The summed E-state index contributed by atoms with van der Waals surface area (Å²) in [5.41, 5.74) is 9.35. The number of halogens is 1. The molecule has 1 heterocycles. The number of benzene rings is 1. The molecule has 0 spiro atoms. The van der Waals surface area contributed by atoms with Crippen LogP contribution >= 0.6 is 11.6 Å². The topological polar surface area (TPSA) is 52.0 Å². The number of hydrogen-bond acceptors (Lipinski definition) is 3. The zero-order valence-electron chi connectivity index (χ0n) is 8.54.